The number of rotatable bonds is 6. The molecule has 0 spiro atoms. The summed E-state index contributed by atoms with van der Waals surface area (Å²) in [5.74, 6) is 1.20. The Morgan fingerprint density at radius 1 is 1.07 bits per heavy atom. The van der Waals surface area contributed by atoms with Gasteiger partial charge in [0.05, 0.1) is 19.9 Å². The van der Waals surface area contributed by atoms with Gasteiger partial charge in [-0.25, -0.2) is 4.79 Å². The van der Waals surface area contributed by atoms with Gasteiger partial charge in [-0.05, 0) is 42.7 Å². The first kappa shape index (κ1) is 19.5. The third-order valence-electron chi connectivity index (χ3n) is 4.79. The lowest BCUT2D eigenvalue weighted by Crippen LogP contribution is -2.47. The molecule has 1 fully saturated rings. The highest BCUT2D eigenvalue weighted by Gasteiger charge is 2.34. The molecule has 0 unspecified atom stereocenters. The second-order valence-corrected chi connectivity index (χ2v) is 6.55. The summed E-state index contributed by atoms with van der Waals surface area (Å²) in [6, 6.07) is 13.9. The molecule has 148 valence electrons. The average Bonchev–Trinajstić information content (AvgIpc) is 3.23. The Morgan fingerprint density at radius 3 is 2.54 bits per heavy atom. The summed E-state index contributed by atoms with van der Waals surface area (Å²) in [4.78, 5) is 26.9. The van der Waals surface area contributed by atoms with Crippen molar-refractivity contribution in [3.8, 4) is 11.5 Å². The monoisotopic (exact) mass is 383 g/mol. The van der Waals surface area contributed by atoms with Gasteiger partial charge in [-0.1, -0.05) is 24.3 Å². The molecule has 3 rings (SSSR count). The van der Waals surface area contributed by atoms with Crippen molar-refractivity contribution in [1.82, 2.24) is 10.2 Å². The first-order valence-corrected chi connectivity index (χ1v) is 9.23. The van der Waals surface area contributed by atoms with E-state index >= 15 is 0 Å². The topological polar surface area (TPSA) is 79.9 Å². The number of para-hydroxylation sites is 2. The van der Waals surface area contributed by atoms with Crippen molar-refractivity contribution in [2.45, 2.75) is 25.4 Å². The molecule has 1 aliphatic rings. The number of amides is 3. The summed E-state index contributed by atoms with van der Waals surface area (Å²) >= 11 is 0. The van der Waals surface area contributed by atoms with E-state index in [2.05, 4.69) is 10.6 Å². The third kappa shape index (κ3) is 4.54. The van der Waals surface area contributed by atoms with Crippen LogP contribution in [0.1, 0.15) is 18.4 Å². The van der Waals surface area contributed by atoms with Gasteiger partial charge in [-0.15, -0.1) is 0 Å². The van der Waals surface area contributed by atoms with Crippen LogP contribution in [0.2, 0.25) is 0 Å². The third-order valence-corrected chi connectivity index (χ3v) is 4.79. The largest absolute Gasteiger partial charge is 0.497 e. The molecule has 0 aromatic heterocycles. The van der Waals surface area contributed by atoms with Gasteiger partial charge >= 0.3 is 6.03 Å². The van der Waals surface area contributed by atoms with Gasteiger partial charge in [0.15, 0.2) is 0 Å². The Hall–Kier alpha value is -3.22. The molecule has 1 saturated heterocycles. The fraction of sp³-hybridized carbons (Fsp3) is 0.333. The van der Waals surface area contributed by atoms with E-state index in [1.807, 2.05) is 36.4 Å². The van der Waals surface area contributed by atoms with Crippen molar-refractivity contribution in [1.29, 1.82) is 0 Å². The number of urea groups is 1. The molecule has 0 radical (unpaired) electrons. The average molecular weight is 383 g/mol. The minimum atomic E-state index is -0.479. The first-order chi connectivity index (χ1) is 13.6. The van der Waals surface area contributed by atoms with Crippen molar-refractivity contribution >= 4 is 17.6 Å². The summed E-state index contributed by atoms with van der Waals surface area (Å²) in [7, 11) is 3.16. The highest BCUT2D eigenvalue weighted by molar-refractivity contribution is 5.95. The Morgan fingerprint density at radius 2 is 1.82 bits per heavy atom. The molecule has 28 heavy (non-hydrogen) atoms. The smallest absolute Gasteiger partial charge is 0.322 e. The van der Waals surface area contributed by atoms with Gasteiger partial charge in [0, 0.05) is 13.1 Å². The van der Waals surface area contributed by atoms with Crippen LogP contribution in [-0.4, -0.2) is 43.6 Å². The predicted molar refractivity (Wildman–Crippen MR) is 107 cm³/mol. The lowest BCUT2D eigenvalue weighted by atomic mass is 10.2. The molecule has 0 bridgehead atoms. The summed E-state index contributed by atoms with van der Waals surface area (Å²) < 4.78 is 10.4. The van der Waals surface area contributed by atoms with Crippen LogP contribution in [0.25, 0.3) is 0 Å². The number of ether oxygens (including phenoxy) is 2. The number of carbonyl (C=O) groups is 2. The Labute approximate surface area is 164 Å². The van der Waals surface area contributed by atoms with Gasteiger partial charge < -0.3 is 25.0 Å². The first-order valence-electron chi connectivity index (χ1n) is 9.23. The van der Waals surface area contributed by atoms with Gasteiger partial charge in [0.1, 0.15) is 17.5 Å². The quantitative estimate of drug-likeness (QED) is 0.804. The molecular weight excluding hydrogens is 358 g/mol. The van der Waals surface area contributed by atoms with Crippen LogP contribution < -0.4 is 20.1 Å². The number of nitrogens with one attached hydrogen (secondary N) is 2. The highest BCUT2D eigenvalue weighted by Crippen LogP contribution is 2.25. The standard InChI is InChI=1S/C21H25N3O4/c1-27-16-11-9-15(10-12-16)14-22-20(25)18-7-5-13-24(18)21(26)23-17-6-3-4-8-19(17)28-2/h3-4,6,8-12,18H,5,7,13-14H2,1-2H3,(H,22,25)(H,23,26)/t18-/m0/s1. The molecule has 0 saturated carbocycles. The zero-order valence-electron chi connectivity index (χ0n) is 16.1. The maximum Gasteiger partial charge on any atom is 0.322 e. The molecule has 1 aliphatic heterocycles. The number of benzene rings is 2. The molecule has 7 nitrogen and oxygen atoms in total. The number of methoxy groups -OCH3 is 2. The van der Waals surface area contributed by atoms with E-state index in [-0.39, 0.29) is 11.9 Å². The molecule has 7 heteroatoms. The highest BCUT2D eigenvalue weighted by atomic mass is 16.5. The van der Waals surface area contributed by atoms with Crippen molar-refractivity contribution in [2.75, 3.05) is 26.1 Å². The second-order valence-electron chi connectivity index (χ2n) is 6.55. The normalized spacial score (nSPS) is 15.8. The van der Waals surface area contributed by atoms with Crippen molar-refractivity contribution in [2.24, 2.45) is 0 Å². The molecule has 0 aliphatic carbocycles. The van der Waals surface area contributed by atoms with E-state index in [0.717, 1.165) is 17.7 Å². The zero-order valence-corrected chi connectivity index (χ0v) is 16.1. The fourth-order valence-electron chi connectivity index (χ4n) is 3.27. The number of carbonyl (C=O) groups excluding carboxylic acids is 2. The molecule has 3 amide bonds. The zero-order chi connectivity index (χ0) is 19.9. The number of nitrogens with zero attached hydrogens (tertiary/aromatic N) is 1. The van der Waals surface area contributed by atoms with Gasteiger partial charge in [0.25, 0.3) is 0 Å². The molecular formula is C21H25N3O4. The van der Waals surface area contributed by atoms with Gasteiger partial charge in [-0.3, -0.25) is 4.79 Å². The van der Waals surface area contributed by atoms with Crippen LogP contribution in [0, 0.1) is 0 Å². The van der Waals surface area contributed by atoms with Crippen LogP contribution >= 0.6 is 0 Å². The summed E-state index contributed by atoms with van der Waals surface area (Å²) in [5.41, 5.74) is 1.55. The molecule has 1 atom stereocenters. The van der Waals surface area contributed by atoms with E-state index < -0.39 is 6.04 Å². The van der Waals surface area contributed by atoms with Crippen LogP contribution in [0.5, 0.6) is 11.5 Å². The minimum Gasteiger partial charge on any atom is -0.497 e. The van der Waals surface area contributed by atoms with Crippen molar-refractivity contribution < 1.29 is 19.1 Å². The lowest BCUT2D eigenvalue weighted by molar-refractivity contribution is -0.124. The van der Waals surface area contributed by atoms with Crippen LogP contribution in [-0.2, 0) is 11.3 Å². The maximum atomic E-state index is 12.7. The molecule has 2 aromatic rings. The van der Waals surface area contributed by atoms with E-state index in [4.69, 9.17) is 9.47 Å². The Balaban J connectivity index is 1.59. The summed E-state index contributed by atoms with van der Waals surface area (Å²) in [5, 5.41) is 5.77. The van der Waals surface area contributed by atoms with Crippen LogP contribution in [0.3, 0.4) is 0 Å². The fourth-order valence-corrected chi connectivity index (χ4v) is 3.27. The second kappa shape index (κ2) is 9.12. The number of likely N-dealkylation sites (tertiary alicyclic amines) is 1. The Kier molecular flexibility index (Phi) is 6.37. The number of anilines is 1. The number of hydrogen-bond acceptors (Lipinski definition) is 4. The Bertz CT molecular complexity index is 823. The molecule has 2 aromatic carbocycles. The van der Waals surface area contributed by atoms with Crippen LogP contribution in [0.4, 0.5) is 10.5 Å². The minimum absolute atomic E-state index is 0.150. The summed E-state index contributed by atoms with van der Waals surface area (Å²) in [6.45, 7) is 0.947. The molecule has 2 N–H and O–H groups in total. The number of hydrogen-bond donors (Lipinski definition) is 2. The van der Waals surface area contributed by atoms with Crippen molar-refractivity contribution in [3.05, 3.63) is 54.1 Å². The lowest BCUT2D eigenvalue weighted by Gasteiger charge is -2.24. The maximum absolute atomic E-state index is 12.7. The summed E-state index contributed by atoms with van der Waals surface area (Å²) in [6.07, 6.45) is 1.44. The SMILES string of the molecule is COc1ccc(CNC(=O)[C@@H]2CCCN2C(=O)Nc2ccccc2OC)cc1. The van der Waals surface area contributed by atoms with E-state index in [0.29, 0.717) is 30.9 Å². The molecule has 1 heterocycles. The van der Waals surface area contributed by atoms with E-state index in [9.17, 15) is 9.59 Å². The van der Waals surface area contributed by atoms with E-state index in [1.54, 1.807) is 31.3 Å². The van der Waals surface area contributed by atoms with E-state index in [1.165, 1.54) is 0 Å². The van der Waals surface area contributed by atoms with Crippen molar-refractivity contribution in [3.63, 3.8) is 0 Å². The van der Waals surface area contributed by atoms with Crippen LogP contribution in [0.15, 0.2) is 48.5 Å². The van der Waals surface area contributed by atoms with Gasteiger partial charge in [-0.2, -0.15) is 0 Å². The predicted octanol–water partition coefficient (Wildman–Crippen LogP) is 3.02. The van der Waals surface area contributed by atoms with Gasteiger partial charge in [0.2, 0.25) is 5.91 Å².